The van der Waals surface area contributed by atoms with Crippen LogP contribution >= 0.6 is 0 Å². The van der Waals surface area contributed by atoms with Crippen LogP contribution in [0.15, 0.2) is 24.3 Å². The number of carbonyl (C=O) groups is 3. The number of nitrogens with zero attached hydrogens (tertiary/aromatic N) is 1. The monoisotopic (exact) mass is 369 g/mol. The number of urea groups is 1. The van der Waals surface area contributed by atoms with Gasteiger partial charge in [-0.2, -0.15) is 8.78 Å². The van der Waals surface area contributed by atoms with Gasteiger partial charge in [-0.1, -0.05) is 12.1 Å². The number of imide groups is 1. The van der Waals surface area contributed by atoms with E-state index in [2.05, 4.69) is 15.4 Å². The van der Waals surface area contributed by atoms with Gasteiger partial charge in [-0.3, -0.25) is 14.5 Å². The third kappa shape index (κ3) is 4.27. The Morgan fingerprint density at radius 3 is 2.35 bits per heavy atom. The molecule has 7 nitrogen and oxygen atoms in total. The number of nitrogens with one attached hydrogen (secondary N) is 2. The number of benzene rings is 1. The van der Waals surface area contributed by atoms with Gasteiger partial charge in [0.2, 0.25) is 5.91 Å². The molecule has 1 atom stereocenters. The summed E-state index contributed by atoms with van der Waals surface area (Å²) in [6.45, 7) is 3.46. The van der Waals surface area contributed by atoms with Crippen molar-refractivity contribution in [2.24, 2.45) is 0 Å². The lowest BCUT2D eigenvalue weighted by molar-refractivity contribution is -0.135. The molecule has 1 aromatic carbocycles. The Balaban J connectivity index is 2.16. The van der Waals surface area contributed by atoms with Crippen molar-refractivity contribution in [3.05, 3.63) is 29.8 Å². The molecule has 0 aromatic heterocycles. The molecule has 0 spiro atoms. The minimum Gasteiger partial charge on any atom is -0.435 e. The van der Waals surface area contributed by atoms with E-state index in [4.69, 9.17) is 0 Å². The Labute approximate surface area is 149 Å². The van der Waals surface area contributed by atoms with E-state index in [1.54, 1.807) is 20.8 Å². The molecule has 1 fully saturated rings. The quantitative estimate of drug-likeness (QED) is 0.777. The zero-order valence-electron chi connectivity index (χ0n) is 14.9. The van der Waals surface area contributed by atoms with E-state index in [0.29, 0.717) is 5.56 Å². The van der Waals surface area contributed by atoms with Crippen molar-refractivity contribution in [3.63, 3.8) is 0 Å². The molecule has 0 radical (unpaired) electrons. The van der Waals surface area contributed by atoms with Crippen LogP contribution in [-0.4, -0.2) is 41.4 Å². The smallest absolute Gasteiger partial charge is 0.387 e. The minimum absolute atomic E-state index is 0.0643. The highest BCUT2D eigenvalue weighted by atomic mass is 19.3. The topological polar surface area (TPSA) is 87.7 Å². The zero-order chi connectivity index (χ0) is 19.7. The summed E-state index contributed by atoms with van der Waals surface area (Å²) in [6.07, 6.45) is 0. The van der Waals surface area contributed by atoms with Crippen molar-refractivity contribution < 1.29 is 27.9 Å². The van der Waals surface area contributed by atoms with Crippen molar-refractivity contribution in [2.75, 3.05) is 6.54 Å². The maximum absolute atomic E-state index is 12.7. The van der Waals surface area contributed by atoms with Gasteiger partial charge in [0.25, 0.3) is 5.91 Å². The number of amides is 4. The molecule has 1 aromatic rings. The summed E-state index contributed by atoms with van der Waals surface area (Å²) < 4.78 is 28.7. The molecule has 2 rings (SSSR count). The molecule has 0 bridgehead atoms. The molecule has 26 heavy (non-hydrogen) atoms. The largest absolute Gasteiger partial charge is 0.435 e. The highest BCUT2D eigenvalue weighted by Gasteiger charge is 2.49. The van der Waals surface area contributed by atoms with Crippen molar-refractivity contribution >= 4 is 17.8 Å². The lowest BCUT2D eigenvalue weighted by atomic mass is 9.92. The molecule has 1 saturated heterocycles. The minimum atomic E-state index is -2.96. The molecule has 142 valence electrons. The Bertz CT molecular complexity index is 716. The van der Waals surface area contributed by atoms with Gasteiger partial charge in [0.15, 0.2) is 0 Å². The van der Waals surface area contributed by atoms with Crippen LogP contribution in [0.5, 0.6) is 5.75 Å². The maximum Gasteiger partial charge on any atom is 0.387 e. The standard InChI is InChI=1S/C17H21F2N3O4/c1-16(2,3)20-12(23)9-22-13(24)17(4,21-15(22)25)10-5-7-11(8-6-10)26-14(18)19/h5-8,14H,9H2,1-4H3,(H,20,23)(H,21,25)/t17-/m1/s1. The normalized spacial score (nSPS) is 20.3. The summed E-state index contributed by atoms with van der Waals surface area (Å²) in [7, 11) is 0. The Morgan fingerprint density at radius 1 is 1.27 bits per heavy atom. The van der Waals surface area contributed by atoms with E-state index in [9.17, 15) is 23.2 Å². The number of carbonyl (C=O) groups excluding carboxylic acids is 3. The number of ether oxygens (including phenoxy) is 1. The van der Waals surface area contributed by atoms with Crippen molar-refractivity contribution in [1.82, 2.24) is 15.5 Å². The van der Waals surface area contributed by atoms with E-state index in [0.717, 1.165) is 4.90 Å². The van der Waals surface area contributed by atoms with E-state index in [1.807, 2.05) is 0 Å². The molecule has 0 saturated carbocycles. The number of halogens is 2. The van der Waals surface area contributed by atoms with Gasteiger partial charge >= 0.3 is 12.6 Å². The average Bonchev–Trinajstić information content (AvgIpc) is 2.70. The van der Waals surface area contributed by atoms with Gasteiger partial charge in [0, 0.05) is 5.54 Å². The first kappa shape index (κ1) is 19.6. The average molecular weight is 369 g/mol. The Kier molecular flexibility index (Phi) is 5.20. The predicted octanol–water partition coefficient (Wildman–Crippen LogP) is 1.97. The summed E-state index contributed by atoms with van der Waals surface area (Å²) in [5.41, 5.74) is -1.51. The van der Waals surface area contributed by atoms with Gasteiger partial charge in [0.05, 0.1) is 0 Å². The molecule has 0 unspecified atom stereocenters. The summed E-state index contributed by atoms with van der Waals surface area (Å²) in [5, 5.41) is 5.22. The molecule has 1 heterocycles. The fourth-order valence-corrected chi connectivity index (χ4v) is 2.61. The second kappa shape index (κ2) is 6.89. The first-order valence-electron chi connectivity index (χ1n) is 7.93. The second-order valence-electron chi connectivity index (χ2n) is 7.15. The van der Waals surface area contributed by atoms with Crippen molar-refractivity contribution in [2.45, 2.75) is 45.4 Å². The van der Waals surface area contributed by atoms with Crippen LogP contribution in [0.25, 0.3) is 0 Å². The molecule has 2 N–H and O–H groups in total. The van der Waals surface area contributed by atoms with Gasteiger partial charge in [-0.15, -0.1) is 0 Å². The number of rotatable bonds is 5. The summed E-state index contributed by atoms with van der Waals surface area (Å²) in [6, 6.07) is 4.68. The highest BCUT2D eigenvalue weighted by Crippen LogP contribution is 2.30. The van der Waals surface area contributed by atoms with Crippen LogP contribution in [0.4, 0.5) is 13.6 Å². The molecule has 1 aliphatic rings. The van der Waals surface area contributed by atoms with Crippen LogP contribution < -0.4 is 15.4 Å². The van der Waals surface area contributed by atoms with Crippen LogP contribution in [-0.2, 0) is 15.1 Å². The van der Waals surface area contributed by atoms with Crippen molar-refractivity contribution in [3.8, 4) is 5.75 Å². The molecular formula is C17H21F2N3O4. The molecule has 0 aliphatic carbocycles. The first-order valence-corrected chi connectivity index (χ1v) is 7.93. The second-order valence-corrected chi connectivity index (χ2v) is 7.15. The van der Waals surface area contributed by atoms with E-state index in [-0.39, 0.29) is 5.75 Å². The van der Waals surface area contributed by atoms with Crippen LogP contribution in [0.3, 0.4) is 0 Å². The van der Waals surface area contributed by atoms with E-state index >= 15 is 0 Å². The van der Waals surface area contributed by atoms with Crippen LogP contribution in [0.2, 0.25) is 0 Å². The third-order valence-electron chi connectivity index (χ3n) is 3.75. The fraction of sp³-hybridized carbons (Fsp3) is 0.471. The number of hydrogen-bond acceptors (Lipinski definition) is 4. The van der Waals surface area contributed by atoms with Gasteiger partial charge in [0.1, 0.15) is 17.8 Å². The van der Waals surface area contributed by atoms with Crippen molar-refractivity contribution in [1.29, 1.82) is 0 Å². The summed E-state index contributed by atoms with van der Waals surface area (Å²) >= 11 is 0. The van der Waals surface area contributed by atoms with E-state index in [1.165, 1.54) is 31.2 Å². The lowest BCUT2D eigenvalue weighted by Gasteiger charge is -2.24. The lowest BCUT2D eigenvalue weighted by Crippen LogP contribution is -2.48. The molecular weight excluding hydrogens is 348 g/mol. The fourth-order valence-electron chi connectivity index (χ4n) is 2.61. The van der Waals surface area contributed by atoms with Gasteiger partial charge < -0.3 is 15.4 Å². The zero-order valence-corrected chi connectivity index (χ0v) is 14.9. The molecule has 1 aliphatic heterocycles. The van der Waals surface area contributed by atoms with Gasteiger partial charge in [-0.05, 0) is 45.4 Å². The first-order chi connectivity index (χ1) is 11.9. The third-order valence-corrected chi connectivity index (χ3v) is 3.75. The summed E-state index contributed by atoms with van der Waals surface area (Å²) in [5.74, 6) is -1.13. The predicted molar refractivity (Wildman–Crippen MR) is 88.6 cm³/mol. The van der Waals surface area contributed by atoms with Crippen LogP contribution in [0, 0.1) is 0 Å². The summed E-state index contributed by atoms with van der Waals surface area (Å²) in [4.78, 5) is 37.7. The maximum atomic E-state index is 12.7. The molecule has 9 heteroatoms. The van der Waals surface area contributed by atoms with E-state index < -0.39 is 42.1 Å². The Morgan fingerprint density at radius 2 is 1.85 bits per heavy atom. The number of hydrogen-bond donors (Lipinski definition) is 2. The number of alkyl halides is 2. The highest BCUT2D eigenvalue weighted by molar-refractivity contribution is 6.09. The Hall–Kier alpha value is -2.71. The SMILES string of the molecule is CC(C)(C)NC(=O)CN1C(=O)N[C@](C)(c2ccc(OC(F)F)cc2)C1=O. The molecule has 4 amide bonds. The van der Waals surface area contributed by atoms with Gasteiger partial charge in [-0.25, -0.2) is 4.79 Å². The van der Waals surface area contributed by atoms with Crippen LogP contribution in [0.1, 0.15) is 33.3 Å².